The number of anilines is 1. The first-order valence-corrected chi connectivity index (χ1v) is 7.29. The van der Waals surface area contributed by atoms with E-state index in [-0.39, 0.29) is 6.42 Å². The number of carbonyl (C=O) groups excluding carboxylic acids is 1. The Morgan fingerprint density at radius 2 is 1.74 bits per heavy atom. The zero-order chi connectivity index (χ0) is 17.6. The molecular weight excluding hydrogens is 324 g/mol. The standard InChI is InChI=1S/C15H21ClN2O5/c1-15(2,6-5-12(19)20)18-14(21)17-9-7-10(22-3)13(16)11(8-9)23-4/h7-8H,5-6H2,1-4H3,(H,19,20)(H2,17,18,21). The number of urea groups is 1. The largest absolute Gasteiger partial charge is 0.495 e. The summed E-state index contributed by atoms with van der Waals surface area (Å²) in [5.74, 6) is -0.176. The van der Waals surface area contributed by atoms with Crippen molar-refractivity contribution in [1.82, 2.24) is 5.32 Å². The van der Waals surface area contributed by atoms with Crippen molar-refractivity contribution in [1.29, 1.82) is 0 Å². The molecule has 0 heterocycles. The highest BCUT2D eigenvalue weighted by atomic mass is 35.5. The van der Waals surface area contributed by atoms with Crippen molar-refractivity contribution in [3.63, 3.8) is 0 Å². The minimum Gasteiger partial charge on any atom is -0.495 e. The number of hydrogen-bond donors (Lipinski definition) is 3. The molecule has 3 N–H and O–H groups in total. The Morgan fingerprint density at radius 3 is 2.17 bits per heavy atom. The van der Waals surface area contributed by atoms with E-state index in [0.29, 0.717) is 28.6 Å². The van der Waals surface area contributed by atoms with Crippen molar-refractivity contribution in [2.24, 2.45) is 0 Å². The normalized spacial score (nSPS) is 10.8. The summed E-state index contributed by atoms with van der Waals surface area (Å²) < 4.78 is 10.3. The van der Waals surface area contributed by atoms with Crippen LogP contribution in [0, 0.1) is 0 Å². The van der Waals surface area contributed by atoms with E-state index in [9.17, 15) is 9.59 Å². The number of carboxylic acid groups (broad SMARTS) is 1. The first kappa shape index (κ1) is 18.9. The van der Waals surface area contributed by atoms with Crippen LogP contribution in [0.25, 0.3) is 0 Å². The third kappa shape index (κ3) is 5.86. The molecule has 0 spiro atoms. The van der Waals surface area contributed by atoms with Crippen LogP contribution in [0.5, 0.6) is 11.5 Å². The first-order valence-electron chi connectivity index (χ1n) is 6.91. The number of carboxylic acids is 1. The van der Waals surface area contributed by atoms with Crippen molar-refractivity contribution in [2.75, 3.05) is 19.5 Å². The molecular formula is C15H21ClN2O5. The van der Waals surface area contributed by atoms with Crippen molar-refractivity contribution >= 4 is 29.3 Å². The summed E-state index contributed by atoms with van der Waals surface area (Å²) in [4.78, 5) is 22.7. The van der Waals surface area contributed by atoms with Gasteiger partial charge in [-0.1, -0.05) is 11.6 Å². The van der Waals surface area contributed by atoms with Gasteiger partial charge in [-0.15, -0.1) is 0 Å². The number of carbonyl (C=O) groups is 2. The molecule has 1 aromatic carbocycles. The molecule has 23 heavy (non-hydrogen) atoms. The van der Waals surface area contributed by atoms with Crippen LogP contribution < -0.4 is 20.1 Å². The third-order valence-electron chi connectivity index (χ3n) is 3.12. The number of hydrogen-bond acceptors (Lipinski definition) is 4. The Balaban J connectivity index is 2.79. The Hall–Kier alpha value is -2.15. The minimum absolute atomic E-state index is 0.0319. The van der Waals surface area contributed by atoms with Crippen molar-refractivity contribution in [2.45, 2.75) is 32.2 Å². The third-order valence-corrected chi connectivity index (χ3v) is 3.49. The van der Waals surface area contributed by atoms with Gasteiger partial charge >= 0.3 is 12.0 Å². The molecule has 0 atom stereocenters. The van der Waals surface area contributed by atoms with E-state index in [1.807, 2.05) is 0 Å². The molecule has 0 saturated carbocycles. The van der Waals surface area contributed by atoms with Crippen LogP contribution in [0.15, 0.2) is 12.1 Å². The van der Waals surface area contributed by atoms with Crippen LogP contribution in [0.4, 0.5) is 10.5 Å². The van der Waals surface area contributed by atoms with Crippen LogP contribution in [0.1, 0.15) is 26.7 Å². The molecule has 1 aromatic rings. The average molecular weight is 345 g/mol. The monoisotopic (exact) mass is 344 g/mol. The molecule has 0 saturated heterocycles. The van der Waals surface area contributed by atoms with E-state index in [1.165, 1.54) is 14.2 Å². The van der Waals surface area contributed by atoms with Crippen LogP contribution >= 0.6 is 11.6 Å². The number of methoxy groups -OCH3 is 2. The summed E-state index contributed by atoms with van der Waals surface area (Å²) in [6.07, 6.45) is 0.277. The fraction of sp³-hybridized carbons (Fsp3) is 0.467. The number of nitrogens with one attached hydrogen (secondary N) is 2. The molecule has 0 aromatic heterocycles. The predicted molar refractivity (Wildman–Crippen MR) is 87.7 cm³/mol. The molecule has 0 aliphatic carbocycles. The van der Waals surface area contributed by atoms with Gasteiger partial charge in [-0.3, -0.25) is 4.79 Å². The summed E-state index contributed by atoms with van der Waals surface area (Å²) in [6, 6.07) is 2.66. The summed E-state index contributed by atoms with van der Waals surface area (Å²) in [5, 5.41) is 14.4. The lowest BCUT2D eigenvalue weighted by Gasteiger charge is -2.25. The van der Waals surface area contributed by atoms with E-state index >= 15 is 0 Å². The molecule has 128 valence electrons. The van der Waals surface area contributed by atoms with Gasteiger partial charge in [-0.05, 0) is 20.3 Å². The Bertz CT molecular complexity index is 564. The lowest BCUT2D eigenvalue weighted by atomic mass is 9.99. The van der Waals surface area contributed by atoms with Gasteiger partial charge in [-0.2, -0.15) is 0 Å². The summed E-state index contributed by atoms with van der Waals surface area (Å²) >= 11 is 6.06. The maximum absolute atomic E-state index is 12.1. The number of halogens is 1. The molecule has 0 aliphatic rings. The maximum atomic E-state index is 12.1. The smallest absolute Gasteiger partial charge is 0.319 e. The molecule has 0 radical (unpaired) electrons. The number of ether oxygens (including phenoxy) is 2. The van der Waals surface area contributed by atoms with Gasteiger partial charge < -0.3 is 25.2 Å². The molecule has 8 heteroatoms. The summed E-state index contributed by atoms with van der Waals surface area (Å²) in [7, 11) is 2.92. The van der Waals surface area contributed by atoms with Gasteiger partial charge in [0.05, 0.1) is 14.2 Å². The minimum atomic E-state index is -0.910. The Labute approximate surface area is 139 Å². The number of aliphatic carboxylic acids is 1. The van der Waals surface area contributed by atoms with Gasteiger partial charge in [0.2, 0.25) is 0 Å². The van der Waals surface area contributed by atoms with E-state index in [1.54, 1.807) is 26.0 Å². The zero-order valence-corrected chi connectivity index (χ0v) is 14.3. The van der Waals surface area contributed by atoms with Gasteiger partial charge in [-0.25, -0.2) is 4.79 Å². The van der Waals surface area contributed by atoms with Gasteiger partial charge in [0.25, 0.3) is 0 Å². The van der Waals surface area contributed by atoms with Crippen LogP contribution in [-0.4, -0.2) is 36.9 Å². The highest BCUT2D eigenvalue weighted by molar-refractivity contribution is 6.33. The molecule has 1 rings (SSSR count). The quantitative estimate of drug-likeness (QED) is 0.706. The Kier molecular flexibility index (Phi) is 6.50. The number of benzene rings is 1. The fourth-order valence-electron chi connectivity index (χ4n) is 1.89. The highest BCUT2D eigenvalue weighted by Gasteiger charge is 2.22. The lowest BCUT2D eigenvalue weighted by Crippen LogP contribution is -2.45. The van der Waals surface area contributed by atoms with Gasteiger partial charge in [0.15, 0.2) is 0 Å². The zero-order valence-electron chi connectivity index (χ0n) is 13.5. The van der Waals surface area contributed by atoms with Crippen LogP contribution in [0.3, 0.4) is 0 Å². The summed E-state index contributed by atoms with van der Waals surface area (Å²) in [6.45, 7) is 3.50. The molecule has 0 unspecified atom stereocenters. The Morgan fingerprint density at radius 1 is 1.22 bits per heavy atom. The van der Waals surface area contributed by atoms with Crippen molar-refractivity contribution in [3.8, 4) is 11.5 Å². The molecule has 0 aliphatic heterocycles. The fourth-order valence-corrected chi connectivity index (χ4v) is 2.16. The van der Waals surface area contributed by atoms with Gasteiger partial charge in [0, 0.05) is 29.8 Å². The summed E-state index contributed by atoms with van der Waals surface area (Å²) in [5.41, 5.74) is -0.224. The van der Waals surface area contributed by atoms with Crippen molar-refractivity contribution in [3.05, 3.63) is 17.2 Å². The average Bonchev–Trinajstić information content (AvgIpc) is 2.46. The first-order chi connectivity index (χ1) is 10.7. The molecule has 7 nitrogen and oxygen atoms in total. The van der Waals surface area contributed by atoms with Crippen LogP contribution in [-0.2, 0) is 4.79 Å². The highest BCUT2D eigenvalue weighted by Crippen LogP contribution is 2.37. The second kappa shape index (κ2) is 7.92. The van der Waals surface area contributed by atoms with Crippen molar-refractivity contribution < 1.29 is 24.2 Å². The number of rotatable bonds is 7. The van der Waals surface area contributed by atoms with Gasteiger partial charge in [0.1, 0.15) is 16.5 Å². The van der Waals surface area contributed by atoms with E-state index in [4.69, 9.17) is 26.2 Å². The van der Waals surface area contributed by atoms with E-state index in [0.717, 1.165) is 0 Å². The lowest BCUT2D eigenvalue weighted by molar-refractivity contribution is -0.137. The molecule has 2 amide bonds. The topological polar surface area (TPSA) is 96.9 Å². The predicted octanol–water partition coefficient (Wildman–Crippen LogP) is 3.12. The van der Waals surface area contributed by atoms with Crippen LogP contribution in [0.2, 0.25) is 5.02 Å². The molecule has 0 fully saturated rings. The second-order valence-electron chi connectivity index (χ2n) is 5.55. The molecule has 0 bridgehead atoms. The van der Waals surface area contributed by atoms with E-state index in [2.05, 4.69) is 10.6 Å². The van der Waals surface area contributed by atoms with E-state index < -0.39 is 17.5 Å². The maximum Gasteiger partial charge on any atom is 0.319 e. The second-order valence-corrected chi connectivity index (χ2v) is 5.93. The number of amides is 2. The SMILES string of the molecule is COc1cc(NC(=O)NC(C)(C)CCC(=O)O)cc(OC)c1Cl.